The number of likely N-dealkylation sites (tertiary alicyclic amines) is 1. The number of nitrogens with one attached hydrogen (secondary N) is 1. The summed E-state index contributed by atoms with van der Waals surface area (Å²) in [5.74, 6) is 2.86. The number of rotatable bonds is 7. The number of hydrogen-bond donors (Lipinski definition) is 2. The Kier molecular flexibility index (Phi) is 6.91. The molecule has 2 aliphatic rings. The van der Waals surface area contributed by atoms with Gasteiger partial charge in [0.2, 0.25) is 5.91 Å². The smallest absolute Gasteiger partial charge is 0.219 e. The van der Waals surface area contributed by atoms with E-state index in [1.165, 1.54) is 0 Å². The SMILES string of the molecule is CCOc1ccc(CN2CC[C@H](c3nc4c(c(NC)n3)CCN(C(C)=O)C4)C2)cc1CO. The lowest BCUT2D eigenvalue weighted by Gasteiger charge is -2.29. The molecule has 0 radical (unpaired) electrons. The third-order valence-electron chi connectivity index (χ3n) is 6.40. The van der Waals surface area contributed by atoms with Gasteiger partial charge in [0.25, 0.3) is 0 Å². The number of aliphatic hydroxyl groups excluding tert-OH is 1. The van der Waals surface area contributed by atoms with Crippen molar-refractivity contribution in [2.24, 2.45) is 0 Å². The maximum atomic E-state index is 11.9. The molecule has 1 aromatic carbocycles. The molecule has 0 aliphatic carbocycles. The molecule has 32 heavy (non-hydrogen) atoms. The van der Waals surface area contributed by atoms with Crippen LogP contribution in [0.4, 0.5) is 5.82 Å². The molecular formula is C24H33N5O3. The molecule has 172 valence electrons. The average Bonchev–Trinajstić information content (AvgIpc) is 3.27. The summed E-state index contributed by atoms with van der Waals surface area (Å²) in [4.78, 5) is 25.9. The van der Waals surface area contributed by atoms with Gasteiger partial charge < -0.3 is 20.1 Å². The molecule has 8 heteroatoms. The normalized spacial score (nSPS) is 18.5. The van der Waals surface area contributed by atoms with Crippen LogP contribution in [0, 0.1) is 0 Å². The van der Waals surface area contributed by atoms with E-state index in [2.05, 4.69) is 16.3 Å². The summed E-state index contributed by atoms with van der Waals surface area (Å²) >= 11 is 0. The number of carbonyl (C=O) groups is 1. The fourth-order valence-electron chi connectivity index (χ4n) is 4.70. The maximum absolute atomic E-state index is 11.9. The first-order valence-corrected chi connectivity index (χ1v) is 11.4. The zero-order valence-electron chi connectivity index (χ0n) is 19.2. The highest BCUT2D eigenvalue weighted by Crippen LogP contribution is 2.31. The van der Waals surface area contributed by atoms with Gasteiger partial charge in [-0.05, 0) is 44.0 Å². The Labute approximate surface area is 189 Å². The molecule has 1 aromatic heterocycles. The number of benzene rings is 1. The number of aromatic nitrogens is 2. The summed E-state index contributed by atoms with van der Waals surface area (Å²) in [7, 11) is 1.90. The zero-order valence-corrected chi connectivity index (χ0v) is 19.2. The quantitative estimate of drug-likeness (QED) is 0.684. The number of nitrogens with zero attached hydrogens (tertiary/aromatic N) is 4. The van der Waals surface area contributed by atoms with Crippen LogP contribution >= 0.6 is 0 Å². The second kappa shape index (κ2) is 9.83. The van der Waals surface area contributed by atoms with Gasteiger partial charge in [0, 0.05) is 50.7 Å². The van der Waals surface area contributed by atoms with Crippen LogP contribution in [0.15, 0.2) is 18.2 Å². The van der Waals surface area contributed by atoms with E-state index < -0.39 is 0 Å². The molecule has 0 saturated carbocycles. The molecule has 1 amide bonds. The number of aliphatic hydroxyl groups is 1. The fraction of sp³-hybridized carbons (Fsp3) is 0.542. The number of amides is 1. The van der Waals surface area contributed by atoms with Crippen molar-refractivity contribution in [1.82, 2.24) is 19.8 Å². The third-order valence-corrected chi connectivity index (χ3v) is 6.40. The Morgan fingerprint density at radius 3 is 2.88 bits per heavy atom. The van der Waals surface area contributed by atoms with Crippen LogP contribution in [0.3, 0.4) is 0 Å². The first-order valence-electron chi connectivity index (χ1n) is 11.4. The minimum Gasteiger partial charge on any atom is -0.494 e. The van der Waals surface area contributed by atoms with Crippen molar-refractivity contribution in [1.29, 1.82) is 0 Å². The van der Waals surface area contributed by atoms with Crippen LogP contribution < -0.4 is 10.1 Å². The van der Waals surface area contributed by atoms with Crippen molar-refractivity contribution in [2.75, 3.05) is 38.6 Å². The van der Waals surface area contributed by atoms with Gasteiger partial charge >= 0.3 is 0 Å². The molecule has 3 heterocycles. The topological polar surface area (TPSA) is 90.8 Å². The third kappa shape index (κ3) is 4.71. The van der Waals surface area contributed by atoms with Crippen molar-refractivity contribution in [3.8, 4) is 5.75 Å². The summed E-state index contributed by atoms with van der Waals surface area (Å²) in [6, 6.07) is 6.05. The molecule has 4 rings (SSSR count). The van der Waals surface area contributed by atoms with Crippen LogP contribution in [-0.2, 0) is 30.9 Å². The molecule has 8 nitrogen and oxygen atoms in total. The van der Waals surface area contributed by atoms with E-state index in [1.807, 2.05) is 31.0 Å². The Bertz CT molecular complexity index is 980. The van der Waals surface area contributed by atoms with Gasteiger partial charge in [-0.15, -0.1) is 0 Å². The van der Waals surface area contributed by atoms with E-state index in [0.29, 0.717) is 13.2 Å². The van der Waals surface area contributed by atoms with Crippen LogP contribution in [0.5, 0.6) is 5.75 Å². The van der Waals surface area contributed by atoms with E-state index in [9.17, 15) is 9.90 Å². The Hall–Kier alpha value is -2.71. The highest BCUT2D eigenvalue weighted by molar-refractivity contribution is 5.73. The lowest BCUT2D eigenvalue weighted by Crippen LogP contribution is -2.35. The predicted molar refractivity (Wildman–Crippen MR) is 123 cm³/mol. The monoisotopic (exact) mass is 439 g/mol. The average molecular weight is 440 g/mol. The van der Waals surface area contributed by atoms with E-state index >= 15 is 0 Å². The molecule has 1 atom stereocenters. The minimum absolute atomic E-state index is 0.0289. The maximum Gasteiger partial charge on any atom is 0.219 e. The number of carbonyl (C=O) groups excluding carboxylic acids is 1. The Morgan fingerprint density at radius 1 is 1.31 bits per heavy atom. The summed E-state index contributed by atoms with van der Waals surface area (Å²) in [6.07, 6.45) is 1.79. The lowest BCUT2D eigenvalue weighted by molar-refractivity contribution is -0.129. The number of hydrogen-bond acceptors (Lipinski definition) is 7. The first kappa shape index (κ1) is 22.5. The van der Waals surface area contributed by atoms with Crippen LogP contribution in [-0.4, -0.2) is 64.1 Å². The second-order valence-corrected chi connectivity index (χ2v) is 8.55. The highest BCUT2D eigenvalue weighted by atomic mass is 16.5. The number of ether oxygens (including phenoxy) is 1. The van der Waals surface area contributed by atoms with Gasteiger partial charge in [0.05, 0.1) is 25.5 Å². The fourth-order valence-corrected chi connectivity index (χ4v) is 4.70. The van der Waals surface area contributed by atoms with Crippen LogP contribution in [0.1, 0.15) is 54.4 Å². The lowest BCUT2D eigenvalue weighted by atomic mass is 10.0. The first-order chi connectivity index (χ1) is 15.5. The molecule has 2 aromatic rings. The second-order valence-electron chi connectivity index (χ2n) is 8.55. The number of anilines is 1. The summed E-state index contributed by atoms with van der Waals surface area (Å²) in [5.41, 5.74) is 4.09. The van der Waals surface area contributed by atoms with E-state index in [4.69, 9.17) is 14.7 Å². The van der Waals surface area contributed by atoms with E-state index in [1.54, 1.807) is 6.92 Å². The highest BCUT2D eigenvalue weighted by Gasteiger charge is 2.29. The van der Waals surface area contributed by atoms with Gasteiger partial charge in [0.1, 0.15) is 17.4 Å². The van der Waals surface area contributed by atoms with Crippen molar-refractivity contribution >= 4 is 11.7 Å². The van der Waals surface area contributed by atoms with Gasteiger partial charge in [-0.2, -0.15) is 0 Å². The number of fused-ring (bicyclic) bond motifs is 1. The molecule has 2 N–H and O–H groups in total. The van der Waals surface area contributed by atoms with E-state index in [0.717, 1.165) is 78.8 Å². The summed E-state index contributed by atoms with van der Waals surface area (Å²) < 4.78 is 5.60. The zero-order chi connectivity index (χ0) is 22.7. The van der Waals surface area contributed by atoms with Crippen molar-refractivity contribution < 1.29 is 14.6 Å². The van der Waals surface area contributed by atoms with Crippen molar-refractivity contribution in [2.45, 2.75) is 52.3 Å². The van der Waals surface area contributed by atoms with Crippen molar-refractivity contribution in [3.63, 3.8) is 0 Å². The molecule has 0 spiro atoms. The molecule has 0 bridgehead atoms. The van der Waals surface area contributed by atoms with Crippen LogP contribution in [0.25, 0.3) is 0 Å². The Morgan fingerprint density at radius 2 is 2.16 bits per heavy atom. The van der Waals surface area contributed by atoms with Gasteiger partial charge in [-0.3, -0.25) is 9.69 Å². The molecule has 2 aliphatic heterocycles. The minimum atomic E-state index is -0.0289. The van der Waals surface area contributed by atoms with Crippen molar-refractivity contribution in [3.05, 3.63) is 46.4 Å². The molecule has 1 fully saturated rings. The summed E-state index contributed by atoms with van der Waals surface area (Å²) in [6.45, 7) is 8.07. The van der Waals surface area contributed by atoms with Gasteiger partial charge in [0.15, 0.2) is 0 Å². The summed E-state index contributed by atoms with van der Waals surface area (Å²) in [5, 5.41) is 12.9. The Balaban J connectivity index is 1.48. The molecule has 1 saturated heterocycles. The molecule has 0 unspecified atom stereocenters. The standard InChI is InChI=1S/C24H33N5O3/c1-4-32-22-6-5-17(11-19(22)15-30)12-28-9-7-18(13-28)23-26-21-14-29(16(2)31)10-8-20(21)24(25-3)27-23/h5-6,11,18,30H,4,7-10,12-15H2,1-3H3,(H,25,26,27)/t18-/m0/s1. The molecular weight excluding hydrogens is 406 g/mol. The van der Waals surface area contributed by atoms with Crippen LogP contribution in [0.2, 0.25) is 0 Å². The van der Waals surface area contributed by atoms with Gasteiger partial charge in [-0.25, -0.2) is 9.97 Å². The largest absolute Gasteiger partial charge is 0.494 e. The predicted octanol–water partition coefficient (Wildman–Crippen LogP) is 2.30. The van der Waals surface area contributed by atoms with Gasteiger partial charge in [-0.1, -0.05) is 6.07 Å². The van der Waals surface area contributed by atoms with E-state index in [-0.39, 0.29) is 18.4 Å².